The minimum atomic E-state index is -0.363. The van der Waals surface area contributed by atoms with Crippen molar-refractivity contribution in [3.63, 3.8) is 0 Å². The zero-order valence-electron chi connectivity index (χ0n) is 8.96. The Morgan fingerprint density at radius 3 is 2.71 bits per heavy atom. The van der Waals surface area contributed by atoms with Gasteiger partial charge in [-0.25, -0.2) is 4.98 Å². The molecule has 78 valence electrons. The molecule has 0 aliphatic rings. The second-order valence-electron chi connectivity index (χ2n) is 3.38. The molecule has 1 atom stereocenters. The van der Waals surface area contributed by atoms with Crippen molar-refractivity contribution in [3.05, 3.63) is 16.1 Å². The summed E-state index contributed by atoms with van der Waals surface area (Å²) in [5.41, 5.74) is 0.167. The molecule has 0 fully saturated rings. The van der Waals surface area contributed by atoms with Crippen LogP contribution in [0.2, 0.25) is 0 Å². The van der Waals surface area contributed by atoms with E-state index in [-0.39, 0.29) is 11.4 Å². The van der Waals surface area contributed by atoms with Crippen LogP contribution < -0.4 is 0 Å². The molecule has 0 bridgehead atoms. The monoisotopic (exact) mass is 213 g/mol. The molecule has 0 spiro atoms. The summed E-state index contributed by atoms with van der Waals surface area (Å²) in [4.78, 5) is 15.3. The molecule has 0 N–H and O–H groups in total. The Labute approximate surface area is 88.1 Å². The molecule has 1 rings (SSSR count). The van der Waals surface area contributed by atoms with Crippen LogP contribution in [0.15, 0.2) is 5.38 Å². The van der Waals surface area contributed by atoms with E-state index in [0.717, 1.165) is 11.4 Å². The van der Waals surface area contributed by atoms with Gasteiger partial charge in [0.25, 0.3) is 0 Å². The average Bonchev–Trinajstić information content (AvgIpc) is 2.66. The molecule has 0 amide bonds. The molecular formula is C10H15NO2S. The molecule has 3 nitrogen and oxygen atoms in total. The van der Waals surface area contributed by atoms with E-state index in [1.807, 2.05) is 13.8 Å². The maximum atomic E-state index is 11.1. The van der Waals surface area contributed by atoms with Crippen molar-refractivity contribution < 1.29 is 9.53 Å². The molecule has 1 heterocycles. The number of methoxy groups -OCH3 is 1. The number of nitrogens with zero attached hydrogens (tertiary/aromatic N) is 1. The van der Waals surface area contributed by atoms with Crippen molar-refractivity contribution in [1.82, 2.24) is 4.98 Å². The van der Waals surface area contributed by atoms with Crippen LogP contribution in [-0.2, 0) is 10.3 Å². The molecule has 1 aromatic rings. The first-order chi connectivity index (χ1) is 6.53. The number of carbonyl (C=O) groups excluding carboxylic acids is 1. The second kappa shape index (κ2) is 4.19. The van der Waals surface area contributed by atoms with E-state index < -0.39 is 0 Å². The van der Waals surface area contributed by atoms with E-state index in [9.17, 15) is 4.79 Å². The molecule has 1 aromatic heterocycles. The predicted octanol–water partition coefficient (Wildman–Crippen LogP) is 2.62. The van der Waals surface area contributed by atoms with Gasteiger partial charge in [0.05, 0.1) is 0 Å². The fourth-order valence-corrected chi connectivity index (χ4v) is 2.13. The SMILES string of the molecule is CCC(C)(OC)c1nc(C(C)=O)cs1. The number of ether oxygens (including phenoxy) is 1. The number of aromatic nitrogens is 1. The Morgan fingerprint density at radius 1 is 1.71 bits per heavy atom. The van der Waals surface area contributed by atoms with Crippen LogP contribution in [-0.4, -0.2) is 17.9 Å². The summed E-state index contributed by atoms with van der Waals surface area (Å²) >= 11 is 1.48. The Morgan fingerprint density at radius 2 is 2.36 bits per heavy atom. The third-order valence-corrected chi connectivity index (χ3v) is 3.53. The molecule has 1 unspecified atom stereocenters. The molecular weight excluding hydrogens is 198 g/mol. The number of thiazole rings is 1. The van der Waals surface area contributed by atoms with Crippen LogP contribution in [0.25, 0.3) is 0 Å². The van der Waals surface area contributed by atoms with Crippen molar-refractivity contribution in [2.24, 2.45) is 0 Å². The summed E-state index contributed by atoms with van der Waals surface area (Å²) in [7, 11) is 1.67. The van der Waals surface area contributed by atoms with E-state index in [0.29, 0.717) is 5.69 Å². The summed E-state index contributed by atoms with van der Waals surface area (Å²) in [6, 6.07) is 0. The number of hydrogen-bond donors (Lipinski definition) is 0. The van der Waals surface area contributed by atoms with Gasteiger partial charge in [-0.2, -0.15) is 0 Å². The lowest BCUT2D eigenvalue weighted by atomic mass is 10.1. The van der Waals surface area contributed by atoms with Crippen molar-refractivity contribution in [2.45, 2.75) is 32.8 Å². The molecule has 0 aromatic carbocycles. The number of carbonyl (C=O) groups is 1. The van der Waals surface area contributed by atoms with Gasteiger partial charge in [0, 0.05) is 19.4 Å². The summed E-state index contributed by atoms with van der Waals surface area (Å²) in [6.07, 6.45) is 0.842. The second-order valence-corrected chi connectivity index (χ2v) is 4.24. The van der Waals surface area contributed by atoms with Gasteiger partial charge in [-0.1, -0.05) is 6.92 Å². The van der Waals surface area contributed by atoms with E-state index in [4.69, 9.17) is 4.74 Å². The van der Waals surface area contributed by atoms with E-state index in [1.54, 1.807) is 12.5 Å². The smallest absolute Gasteiger partial charge is 0.178 e. The van der Waals surface area contributed by atoms with Crippen molar-refractivity contribution in [3.8, 4) is 0 Å². The van der Waals surface area contributed by atoms with Gasteiger partial charge in [-0.15, -0.1) is 11.3 Å². The van der Waals surface area contributed by atoms with Crippen LogP contribution in [0.1, 0.15) is 42.7 Å². The standard InChI is InChI=1S/C10H15NO2S/c1-5-10(3,13-4)9-11-8(6-14-9)7(2)12/h6H,5H2,1-4H3. The number of rotatable bonds is 4. The number of Topliss-reactive ketones (excluding diaryl/α,β-unsaturated/α-hetero) is 1. The summed E-state index contributed by atoms with van der Waals surface area (Å²) in [5, 5.41) is 2.65. The van der Waals surface area contributed by atoms with Gasteiger partial charge in [0.1, 0.15) is 16.3 Å². The lowest BCUT2D eigenvalue weighted by Gasteiger charge is -2.23. The molecule has 0 aliphatic carbocycles. The lowest BCUT2D eigenvalue weighted by molar-refractivity contribution is -0.00162. The maximum absolute atomic E-state index is 11.1. The van der Waals surface area contributed by atoms with E-state index in [1.165, 1.54) is 18.3 Å². The molecule has 0 saturated heterocycles. The quantitative estimate of drug-likeness (QED) is 0.722. The number of hydrogen-bond acceptors (Lipinski definition) is 4. The third kappa shape index (κ3) is 2.01. The molecule has 14 heavy (non-hydrogen) atoms. The molecule has 4 heteroatoms. The van der Waals surface area contributed by atoms with Crippen molar-refractivity contribution in [2.75, 3.05) is 7.11 Å². The van der Waals surface area contributed by atoms with Gasteiger partial charge in [-0.05, 0) is 13.3 Å². The fraction of sp³-hybridized carbons (Fsp3) is 0.600. The first-order valence-corrected chi connectivity index (χ1v) is 5.43. The largest absolute Gasteiger partial charge is 0.371 e. The Kier molecular flexibility index (Phi) is 3.39. The summed E-state index contributed by atoms with van der Waals surface area (Å²) in [5.74, 6) is 0.00190. The van der Waals surface area contributed by atoms with Crippen LogP contribution in [0.5, 0.6) is 0 Å². The van der Waals surface area contributed by atoms with Crippen molar-refractivity contribution >= 4 is 17.1 Å². The highest BCUT2D eigenvalue weighted by molar-refractivity contribution is 7.10. The van der Waals surface area contributed by atoms with Gasteiger partial charge in [-0.3, -0.25) is 4.79 Å². The van der Waals surface area contributed by atoms with Crippen LogP contribution in [0.3, 0.4) is 0 Å². The fourth-order valence-electron chi connectivity index (χ4n) is 1.06. The first kappa shape index (κ1) is 11.3. The predicted molar refractivity (Wildman–Crippen MR) is 56.8 cm³/mol. The highest BCUT2D eigenvalue weighted by atomic mass is 32.1. The third-order valence-electron chi connectivity index (χ3n) is 2.44. The highest BCUT2D eigenvalue weighted by Gasteiger charge is 2.27. The van der Waals surface area contributed by atoms with E-state index >= 15 is 0 Å². The molecule has 0 radical (unpaired) electrons. The normalized spacial score (nSPS) is 15.1. The zero-order chi connectivity index (χ0) is 10.8. The van der Waals surface area contributed by atoms with Crippen LogP contribution in [0.4, 0.5) is 0 Å². The van der Waals surface area contributed by atoms with Gasteiger partial charge in [0.2, 0.25) is 0 Å². The Bertz CT molecular complexity index is 329. The van der Waals surface area contributed by atoms with Gasteiger partial charge in [0.15, 0.2) is 5.78 Å². The lowest BCUT2D eigenvalue weighted by Crippen LogP contribution is -2.23. The highest BCUT2D eigenvalue weighted by Crippen LogP contribution is 2.30. The first-order valence-electron chi connectivity index (χ1n) is 4.55. The average molecular weight is 213 g/mol. The van der Waals surface area contributed by atoms with Crippen molar-refractivity contribution in [1.29, 1.82) is 0 Å². The zero-order valence-corrected chi connectivity index (χ0v) is 9.77. The van der Waals surface area contributed by atoms with Gasteiger partial charge >= 0.3 is 0 Å². The molecule has 0 aliphatic heterocycles. The van der Waals surface area contributed by atoms with E-state index in [2.05, 4.69) is 4.98 Å². The minimum absolute atomic E-state index is 0.00190. The van der Waals surface area contributed by atoms with Gasteiger partial charge < -0.3 is 4.74 Å². The molecule has 0 saturated carbocycles. The summed E-state index contributed by atoms with van der Waals surface area (Å²) < 4.78 is 5.40. The minimum Gasteiger partial charge on any atom is -0.371 e. The van der Waals surface area contributed by atoms with Crippen LogP contribution >= 0.6 is 11.3 Å². The topological polar surface area (TPSA) is 39.2 Å². The van der Waals surface area contributed by atoms with Crippen LogP contribution in [0, 0.1) is 0 Å². The Hall–Kier alpha value is -0.740. The maximum Gasteiger partial charge on any atom is 0.178 e. The Balaban J connectivity index is 3.01. The summed E-state index contributed by atoms with van der Waals surface area (Å²) in [6.45, 7) is 5.54. The number of ketones is 1.